The van der Waals surface area contributed by atoms with Gasteiger partial charge in [-0.3, -0.25) is 9.48 Å². The average molecular weight is 358 g/mol. The lowest BCUT2D eigenvalue weighted by Gasteiger charge is -2.16. The molecule has 1 heterocycles. The van der Waals surface area contributed by atoms with Crippen LogP contribution in [0.25, 0.3) is 0 Å². The number of aromatic carboxylic acids is 1. The number of carboxylic acids is 1. The summed E-state index contributed by atoms with van der Waals surface area (Å²) in [7, 11) is 0. The molecule has 0 amide bonds. The van der Waals surface area contributed by atoms with Crippen LogP contribution >= 0.6 is 0 Å². The van der Waals surface area contributed by atoms with Crippen molar-refractivity contribution in [2.75, 3.05) is 6.61 Å². The lowest BCUT2D eigenvalue weighted by atomic mass is 10.0. The molecule has 6 heteroatoms. The molecule has 0 saturated heterocycles. The van der Waals surface area contributed by atoms with Gasteiger partial charge in [-0.1, -0.05) is 26.0 Å². The number of rotatable bonds is 8. The molecular formula is C20H26N2O4. The van der Waals surface area contributed by atoms with E-state index in [1.54, 1.807) is 19.1 Å². The van der Waals surface area contributed by atoms with Crippen LogP contribution in [0.4, 0.5) is 0 Å². The van der Waals surface area contributed by atoms with Crippen LogP contribution in [0.5, 0.6) is 0 Å². The Hall–Kier alpha value is -2.63. The Morgan fingerprint density at radius 2 is 1.81 bits per heavy atom. The first kappa shape index (κ1) is 19.7. The van der Waals surface area contributed by atoms with E-state index in [4.69, 9.17) is 14.9 Å². The van der Waals surface area contributed by atoms with Crippen LogP contribution in [0.2, 0.25) is 0 Å². The summed E-state index contributed by atoms with van der Waals surface area (Å²) >= 11 is 0. The van der Waals surface area contributed by atoms with E-state index in [2.05, 4.69) is 0 Å². The average Bonchev–Trinajstić information content (AvgIpc) is 2.98. The van der Waals surface area contributed by atoms with E-state index in [0.717, 1.165) is 35.4 Å². The number of nitrogens with zero attached hydrogens (tertiary/aromatic N) is 2. The molecule has 0 aliphatic rings. The van der Waals surface area contributed by atoms with Crippen molar-refractivity contribution in [3.63, 3.8) is 0 Å². The van der Waals surface area contributed by atoms with Crippen molar-refractivity contribution in [1.29, 1.82) is 0 Å². The lowest BCUT2D eigenvalue weighted by Crippen LogP contribution is -2.14. The monoisotopic (exact) mass is 358 g/mol. The molecule has 0 fully saturated rings. The zero-order chi connectivity index (χ0) is 19.3. The van der Waals surface area contributed by atoms with Gasteiger partial charge in [0, 0.05) is 11.3 Å². The predicted octanol–water partition coefficient (Wildman–Crippen LogP) is 3.42. The molecule has 1 atom stereocenters. The molecule has 0 spiro atoms. The van der Waals surface area contributed by atoms with E-state index in [0.29, 0.717) is 6.61 Å². The third kappa shape index (κ3) is 4.12. The lowest BCUT2D eigenvalue weighted by molar-refractivity contribution is -0.142. The Balaban J connectivity index is 2.39. The van der Waals surface area contributed by atoms with Crippen molar-refractivity contribution in [2.24, 2.45) is 0 Å². The predicted molar refractivity (Wildman–Crippen MR) is 98.5 cm³/mol. The molecule has 0 aliphatic heterocycles. The zero-order valence-electron chi connectivity index (χ0n) is 15.8. The fraction of sp³-hybridized carbons (Fsp3) is 0.450. The van der Waals surface area contributed by atoms with Gasteiger partial charge in [-0.05, 0) is 44.4 Å². The molecule has 0 radical (unpaired) electrons. The normalized spacial score (nSPS) is 12.0. The third-order valence-corrected chi connectivity index (χ3v) is 4.50. The molecule has 1 unspecified atom stereocenters. The Morgan fingerprint density at radius 1 is 1.15 bits per heavy atom. The van der Waals surface area contributed by atoms with Gasteiger partial charge in [0.05, 0.1) is 30.3 Å². The van der Waals surface area contributed by atoms with Crippen molar-refractivity contribution in [2.45, 2.75) is 53.0 Å². The number of carboxylic acid groups (broad SMARTS) is 1. The second-order valence-electron chi connectivity index (χ2n) is 6.11. The number of aromatic nitrogens is 2. The maximum Gasteiger partial charge on any atom is 0.335 e. The minimum absolute atomic E-state index is 0.0611. The summed E-state index contributed by atoms with van der Waals surface area (Å²) in [6.45, 7) is 8.25. The molecule has 2 rings (SSSR count). The number of ether oxygens (including phenoxy) is 1. The second-order valence-corrected chi connectivity index (χ2v) is 6.11. The first-order chi connectivity index (χ1) is 12.4. The van der Waals surface area contributed by atoms with E-state index >= 15 is 0 Å². The standard InChI is InChI=1S/C20H26N2O4/c1-5-17-16(12-19(23)26-7-3)18(6-2)22(21-17)13(4)14-8-10-15(11-9-14)20(24)25/h8-11,13H,5-7,12H2,1-4H3,(H,24,25). The summed E-state index contributed by atoms with van der Waals surface area (Å²) < 4.78 is 7.05. The Morgan fingerprint density at radius 3 is 2.31 bits per heavy atom. The number of aryl methyl sites for hydroxylation is 1. The van der Waals surface area contributed by atoms with Crippen molar-refractivity contribution in [3.8, 4) is 0 Å². The minimum atomic E-state index is -0.942. The summed E-state index contributed by atoms with van der Waals surface area (Å²) in [5, 5.41) is 13.8. The van der Waals surface area contributed by atoms with Crippen LogP contribution in [0.3, 0.4) is 0 Å². The topological polar surface area (TPSA) is 81.4 Å². The van der Waals surface area contributed by atoms with Crippen LogP contribution in [0.15, 0.2) is 24.3 Å². The maximum absolute atomic E-state index is 12.0. The van der Waals surface area contributed by atoms with Crippen LogP contribution < -0.4 is 0 Å². The molecule has 1 aromatic carbocycles. The molecule has 6 nitrogen and oxygen atoms in total. The van der Waals surface area contributed by atoms with Gasteiger partial charge < -0.3 is 9.84 Å². The van der Waals surface area contributed by atoms with Crippen molar-refractivity contribution >= 4 is 11.9 Å². The summed E-state index contributed by atoms with van der Waals surface area (Å²) in [5.41, 5.74) is 4.10. The molecule has 0 bridgehead atoms. The second kappa shape index (κ2) is 8.65. The summed E-state index contributed by atoms with van der Waals surface area (Å²) in [6, 6.07) is 6.76. The van der Waals surface area contributed by atoms with Gasteiger partial charge in [0.1, 0.15) is 0 Å². The van der Waals surface area contributed by atoms with Gasteiger partial charge in [0.25, 0.3) is 0 Å². The highest BCUT2D eigenvalue weighted by Gasteiger charge is 2.22. The van der Waals surface area contributed by atoms with Crippen molar-refractivity contribution in [1.82, 2.24) is 9.78 Å². The van der Waals surface area contributed by atoms with Crippen LogP contribution in [0.1, 0.15) is 66.6 Å². The molecule has 26 heavy (non-hydrogen) atoms. The van der Waals surface area contributed by atoms with Gasteiger partial charge in [0.2, 0.25) is 0 Å². The highest BCUT2D eigenvalue weighted by atomic mass is 16.5. The van der Waals surface area contributed by atoms with E-state index < -0.39 is 5.97 Å². The van der Waals surface area contributed by atoms with Gasteiger partial charge in [-0.15, -0.1) is 0 Å². The SMILES string of the molecule is CCOC(=O)Cc1c(CC)nn(C(C)c2ccc(C(=O)O)cc2)c1CC. The number of esters is 1. The molecular weight excluding hydrogens is 332 g/mol. The molecule has 140 valence electrons. The fourth-order valence-electron chi connectivity index (χ4n) is 3.14. The van der Waals surface area contributed by atoms with Gasteiger partial charge in [-0.2, -0.15) is 5.10 Å². The van der Waals surface area contributed by atoms with Gasteiger partial charge >= 0.3 is 11.9 Å². The van der Waals surface area contributed by atoms with E-state index in [9.17, 15) is 9.59 Å². The number of carbonyl (C=O) groups is 2. The minimum Gasteiger partial charge on any atom is -0.478 e. The zero-order valence-corrected chi connectivity index (χ0v) is 15.8. The van der Waals surface area contributed by atoms with E-state index in [1.165, 1.54) is 0 Å². The quantitative estimate of drug-likeness (QED) is 0.731. The fourth-order valence-corrected chi connectivity index (χ4v) is 3.14. The number of carbonyl (C=O) groups excluding carboxylic acids is 1. The van der Waals surface area contributed by atoms with Gasteiger partial charge in [0.15, 0.2) is 0 Å². The van der Waals surface area contributed by atoms with E-state index in [1.807, 2.05) is 37.6 Å². The smallest absolute Gasteiger partial charge is 0.335 e. The Kier molecular flexibility index (Phi) is 6.55. The van der Waals surface area contributed by atoms with Crippen molar-refractivity contribution in [3.05, 3.63) is 52.3 Å². The molecule has 1 N–H and O–H groups in total. The van der Waals surface area contributed by atoms with Crippen LogP contribution in [-0.4, -0.2) is 33.4 Å². The summed E-state index contributed by atoms with van der Waals surface area (Å²) in [6.07, 6.45) is 1.71. The van der Waals surface area contributed by atoms with Gasteiger partial charge in [-0.25, -0.2) is 4.79 Å². The highest BCUT2D eigenvalue weighted by Crippen LogP contribution is 2.25. The molecule has 1 aromatic heterocycles. The molecule has 2 aromatic rings. The molecule has 0 saturated carbocycles. The largest absolute Gasteiger partial charge is 0.478 e. The molecule has 0 aliphatic carbocycles. The highest BCUT2D eigenvalue weighted by molar-refractivity contribution is 5.87. The van der Waals surface area contributed by atoms with Crippen LogP contribution in [-0.2, 0) is 28.8 Å². The Bertz CT molecular complexity index is 778. The van der Waals surface area contributed by atoms with Crippen LogP contribution in [0, 0.1) is 0 Å². The number of hydrogen-bond donors (Lipinski definition) is 1. The maximum atomic E-state index is 12.0. The number of benzene rings is 1. The van der Waals surface area contributed by atoms with E-state index in [-0.39, 0.29) is 24.0 Å². The first-order valence-electron chi connectivity index (χ1n) is 9.00. The Labute approximate surface area is 153 Å². The summed E-state index contributed by atoms with van der Waals surface area (Å²) in [5.74, 6) is -1.18. The third-order valence-electron chi connectivity index (χ3n) is 4.50. The first-order valence-corrected chi connectivity index (χ1v) is 9.00. The number of hydrogen-bond acceptors (Lipinski definition) is 4. The summed E-state index contributed by atoms with van der Waals surface area (Å²) in [4.78, 5) is 23.0. The van der Waals surface area contributed by atoms with Crippen molar-refractivity contribution < 1.29 is 19.4 Å².